The number of nitrogens with one attached hydrogen (secondary N) is 3. The fourth-order valence-corrected chi connectivity index (χ4v) is 3.79. The molecule has 1 aliphatic heterocycles. The first kappa shape index (κ1) is 23.2. The van der Waals surface area contributed by atoms with E-state index in [9.17, 15) is 14.0 Å². The lowest BCUT2D eigenvalue weighted by molar-refractivity contribution is 0.102. The van der Waals surface area contributed by atoms with Gasteiger partial charge in [0.15, 0.2) is 0 Å². The number of likely N-dealkylation sites (tertiary alicyclic amines) is 1. The van der Waals surface area contributed by atoms with E-state index in [1.165, 1.54) is 18.3 Å². The Balaban J connectivity index is 1.49. The Labute approximate surface area is 198 Å². The normalized spacial score (nSPS) is 13.3. The van der Waals surface area contributed by atoms with Gasteiger partial charge in [0.05, 0.1) is 16.8 Å². The van der Waals surface area contributed by atoms with E-state index in [1.807, 2.05) is 4.90 Å². The largest absolute Gasteiger partial charge is 0.357 e. The van der Waals surface area contributed by atoms with E-state index < -0.39 is 17.6 Å². The predicted octanol–water partition coefficient (Wildman–Crippen LogP) is 3.33. The van der Waals surface area contributed by atoms with Gasteiger partial charge in [-0.25, -0.2) is 9.37 Å². The van der Waals surface area contributed by atoms with Crippen LogP contribution in [0.25, 0.3) is 0 Å². The molecule has 0 spiro atoms. The topological polar surface area (TPSA) is 98.2 Å². The summed E-state index contributed by atoms with van der Waals surface area (Å²) in [7, 11) is 5.61. The summed E-state index contributed by atoms with van der Waals surface area (Å²) in [5, 5.41) is 13.6. The molecule has 34 heavy (non-hydrogen) atoms. The second kappa shape index (κ2) is 10.3. The number of carbonyl (C=O) groups excluding carboxylic acids is 2. The van der Waals surface area contributed by atoms with Crippen LogP contribution in [-0.2, 0) is 0 Å². The highest BCUT2D eigenvalue weighted by atomic mass is 19.1. The summed E-state index contributed by atoms with van der Waals surface area (Å²) < 4.78 is 14.8. The molecule has 1 saturated heterocycles. The second-order valence-corrected chi connectivity index (χ2v) is 8.02. The molecule has 3 aromatic rings. The third-order valence-corrected chi connectivity index (χ3v) is 5.61. The molecule has 0 bridgehead atoms. The number of benzene rings is 2. The third kappa shape index (κ3) is 5.31. The van der Waals surface area contributed by atoms with Crippen LogP contribution in [0.5, 0.6) is 0 Å². The fourth-order valence-electron chi connectivity index (χ4n) is 3.79. The Morgan fingerprint density at radius 1 is 0.941 bits per heavy atom. The van der Waals surface area contributed by atoms with Gasteiger partial charge in [-0.2, -0.15) is 0 Å². The number of amides is 2. The number of anilines is 2. The first-order valence-electron chi connectivity index (χ1n) is 11.0. The van der Waals surface area contributed by atoms with Gasteiger partial charge in [-0.05, 0) is 49.6 Å². The summed E-state index contributed by atoms with van der Waals surface area (Å²) in [6.45, 7) is 1.54. The highest BCUT2D eigenvalue weighted by Crippen LogP contribution is 2.20. The van der Waals surface area contributed by atoms with Crippen molar-refractivity contribution >= 4 is 42.5 Å². The van der Waals surface area contributed by atoms with Gasteiger partial charge in [0.1, 0.15) is 25.3 Å². The minimum atomic E-state index is -0.732. The van der Waals surface area contributed by atoms with Crippen LogP contribution in [0.2, 0.25) is 0 Å². The van der Waals surface area contributed by atoms with E-state index >= 15 is 0 Å². The molecule has 0 unspecified atom stereocenters. The highest BCUT2D eigenvalue weighted by Gasteiger charge is 2.20. The first-order chi connectivity index (χ1) is 16.4. The van der Waals surface area contributed by atoms with Crippen molar-refractivity contribution in [1.29, 1.82) is 5.41 Å². The van der Waals surface area contributed by atoms with E-state index in [4.69, 9.17) is 13.3 Å². The minimum absolute atomic E-state index is 0.175. The molecule has 2 aromatic carbocycles. The smallest absolute Gasteiger partial charge is 0.258 e. The monoisotopic (exact) mass is 455 g/mol. The molecular weight excluding hydrogens is 432 g/mol. The van der Waals surface area contributed by atoms with Gasteiger partial charge in [-0.15, -0.1) is 0 Å². The molecule has 1 aliphatic rings. The van der Waals surface area contributed by atoms with Gasteiger partial charge in [-0.3, -0.25) is 15.0 Å². The molecule has 1 fully saturated rings. The summed E-state index contributed by atoms with van der Waals surface area (Å²) in [6.07, 6.45) is 4.56. The molecule has 4 rings (SSSR count). The Morgan fingerprint density at radius 2 is 1.68 bits per heavy atom. The maximum absolute atomic E-state index is 14.8. The summed E-state index contributed by atoms with van der Waals surface area (Å²) in [5.41, 5.74) is 1.13. The van der Waals surface area contributed by atoms with Crippen molar-refractivity contribution in [3.63, 3.8) is 0 Å². The van der Waals surface area contributed by atoms with Crippen molar-refractivity contribution in [2.24, 2.45) is 0 Å². The summed E-state index contributed by atoms with van der Waals surface area (Å²) in [6, 6.07) is 13.7. The highest BCUT2D eigenvalue weighted by molar-refractivity contribution is 6.32. The van der Waals surface area contributed by atoms with Crippen LogP contribution in [0.4, 0.5) is 15.9 Å². The van der Waals surface area contributed by atoms with E-state index in [2.05, 4.69) is 15.6 Å². The third-order valence-electron chi connectivity index (χ3n) is 5.61. The lowest BCUT2D eigenvalue weighted by Gasteiger charge is -2.29. The van der Waals surface area contributed by atoms with Gasteiger partial charge in [0.25, 0.3) is 11.8 Å². The van der Waals surface area contributed by atoms with Crippen molar-refractivity contribution < 1.29 is 14.0 Å². The summed E-state index contributed by atoms with van der Waals surface area (Å²) >= 11 is 0. The molecule has 170 valence electrons. The lowest BCUT2D eigenvalue weighted by atomic mass is 9.99. The Morgan fingerprint density at radius 3 is 2.38 bits per heavy atom. The number of para-hydroxylation sites is 1. The Hall–Kier alpha value is -4.01. The van der Waals surface area contributed by atoms with Gasteiger partial charge in [-0.1, -0.05) is 29.7 Å². The number of aromatic nitrogens is 1. The van der Waals surface area contributed by atoms with Crippen LogP contribution in [0, 0.1) is 11.2 Å². The number of hydrogen-bond donors (Lipinski definition) is 3. The molecule has 9 heteroatoms. The van der Waals surface area contributed by atoms with Crippen molar-refractivity contribution in [2.75, 3.05) is 23.7 Å². The number of pyridine rings is 1. The standard InChI is InChI=1S/C25H23BFN5O2/c26-17-9-11-22(29-15-17)31-25(34)19-6-2-3-7-21(19)30-24(33)18-10-8-16(14-20(18)27)23(28)32-12-4-1-5-13-32/h2-3,6-11,14-15,28H,1,4-5,12-13H2,(H,30,33)(H,29,31,34). The van der Waals surface area contributed by atoms with E-state index in [1.54, 1.807) is 42.5 Å². The van der Waals surface area contributed by atoms with Crippen LogP contribution < -0.4 is 16.1 Å². The molecule has 2 radical (unpaired) electrons. The van der Waals surface area contributed by atoms with Crippen molar-refractivity contribution in [2.45, 2.75) is 19.3 Å². The maximum atomic E-state index is 14.8. The lowest BCUT2D eigenvalue weighted by Crippen LogP contribution is -2.35. The molecule has 2 heterocycles. The van der Waals surface area contributed by atoms with E-state index in [0.29, 0.717) is 16.8 Å². The number of piperidine rings is 1. The Bertz CT molecular complexity index is 1230. The van der Waals surface area contributed by atoms with Gasteiger partial charge in [0.2, 0.25) is 0 Å². The molecule has 3 N–H and O–H groups in total. The summed E-state index contributed by atoms with van der Waals surface area (Å²) in [4.78, 5) is 31.5. The number of rotatable bonds is 5. The molecule has 0 atom stereocenters. The number of carbonyl (C=O) groups is 2. The molecule has 7 nitrogen and oxygen atoms in total. The zero-order valence-electron chi connectivity index (χ0n) is 18.5. The van der Waals surface area contributed by atoms with Crippen molar-refractivity contribution in [3.8, 4) is 0 Å². The van der Waals surface area contributed by atoms with Crippen LogP contribution in [0.15, 0.2) is 60.8 Å². The average molecular weight is 455 g/mol. The maximum Gasteiger partial charge on any atom is 0.258 e. The van der Waals surface area contributed by atoms with Gasteiger partial charge in [0, 0.05) is 24.8 Å². The van der Waals surface area contributed by atoms with E-state index in [-0.39, 0.29) is 22.6 Å². The van der Waals surface area contributed by atoms with Crippen LogP contribution in [0.3, 0.4) is 0 Å². The quantitative estimate of drug-likeness (QED) is 0.312. The minimum Gasteiger partial charge on any atom is -0.357 e. The molecular formula is C25H23BFN5O2. The van der Waals surface area contributed by atoms with Crippen molar-refractivity contribution in [3.05, 3.63) is 83.3 Å². The first-order valence-corrected chi connectivity index (χ1v) is 11.0. The number of amidine groups is 1. The fraction of sp³-hybridized carbons (Fsp3) is 0.200. The SMILES string of the molecule is [B]c1ccc(NC(=O)c2ccccc2NC(=O)c2ccc(C(=N)N3CCCCC3)cc2F)nc1. The van der Waals surface area contributed by atoms with Crippen molar-refractivity contribution in [1.82, 2.24) is 9.88 Å². The van der Waals surface area contributed by atoms with Gasteiger partial charge < -0.3 is 15.5 Å². The summed E-state index contributed by atoms with van der Waals surface area (Å²) in [5.74, 6) is -1.36. The molecule has 0 aliphatic carbocycles. The van der Waals surface area contributed by atoms with E-state index in [0.717, 1.165) is 32.4 Å². The zero-order valence-corrected chi connectivity index (χ0v) is 18.5. The number of nitrogens with zero attached hydrogens (tertiary/aromatic N) is 2. The molecule has 1 aromatic heterocycles. The molecule has 0 saturated carbocycles. The van der Waals surface area contributed by atoms with Crippen LogP contribution in [-0.4, -0.2) is 48.5 Å². The zero-order chi connectivity index (χ0) is 24.1. The molecule has 2 amide bonds. The number of hydrogen-bond acceptors (Lipinski definition) is 4. The van der Waals surface area contributed by atoms with Crippen LogP contribution in [0.1, 0.15) is 45.5 Å². The second-order valence-electron chi connectivity index (χ2n) is 8.02. The van der Waals surface area contributed by atoms with Crippen LogP contribution >= 0.6 is 0 Å². The predicted molar refractivity (Wildman–Crippen MR) is 131 cm³/mol. The van der Waals surface area contributed by atoms with Gasteiger partial charge >= 0.3 is 0 Å². The Kier molecular flexibility index (Phi) is 7.01. The number of halogens is 1. The average Bonchev–Trinajstić information content (AvgIpc) is 2.85.